The van der Waals surface area contributed by atoms with Crippen LogP contribution in [-0.4, -0.2) is 22.6 Å². The fraction of sp³-hybridized carbons (Fsp3) is 0.286. The Hall–Kier alpha value is -3.16. The maximum atomic E-state index is 12.7. The van der Waals surface area contributed by atoms with Crippen molar-refractivity contribution >= 4 is 11.6 Å². The van der Waals surface area contributed by atoms with E-state index in [0.29, 0.717) is 18.0 Å². The van der Waals surface area contributed by atoms with Crippen molar-refractivity contribution in [2.75, 3.05) is 11.4 Å². The minimum absolute atomic E-state index is 0.0296. The normalized spacial score (nSPS) is 17.2. The van der Waals surface area contributed by atoms with Crippen LogP contribution in [0.15, 0.2) is 47.0 Å². The third-order valence-electron chi connectivity index (χ3n) is 5.25. The van der Waals surface area contributed by atoms with Crippen LogP contribution in [-0.2, 0) is 11.0 Å². The topological polar surface area (TPSA) is 59.2 Å². The molecular formula is C21H18F3N3O2. The summed E-state index contributed by atoms with van der Waals surface area (Å²) in [5.74, 6) is 0.212. The third kappa shape index (κ3) is 3.62. The van der Waals surface area contributed by atoms with E-state index in [0.717, 1.165) is 28.9 Å². The molecule has 0 saturated carbocycles. The van der Waals surface area contributed by atoms with Gasteiger partial charge in [-0.25, -0.2) is 0 Å². The van der Waals surface area contributed by atoms with Gasteiger partial charge in [0.05, 0.1) is 11.5 Å². The lowest BCUT2D eigenvalue weighted by Crippen LogP contribution is -2.25. The van der Waals surface area contributed by atoms with Gasteiger partial charge in [0.25, 0.3) is 0 Å². The second-order valence-electron chi connectivity index (χ2n) is 7.16. The van der Waals surface area contributed by atoms with E-state index in [1.54, 1.807) is 4.90 Å². The van der Waals surface area contributed by atoms with E-state index < -0.39 is 11.7 Å². The number of carbonyl (C=O) groups is 1. The maximum Gasteiger partial charge on any atom is 0.416 e. The number of halogens is 3. The molecule has 1 aliphatic rings. The summed E-state index contributed by atoms with van der Waals surface area (Å²) in [6.07, 6.45) is -4.16. The van der Waals surface area contributed by atoms with Crippen molar-refractivity contribution in [2.45, 2.75) is 32.4 Å². The van der Waals surface area contributed by atoms with E-state index in [-0.39, 0.29) is 24.1 Å². The lowest BCUT2D eigenvalue weighted by atomic mass is 10.1. The maximum absolute atomic E-state index is 12.7. The van der Waals surface area contributed by atoms with Crippen molar-refractivity contribution in [2.24, 2.45) is 0 Å². The van der Waals surface area contributed by atoms with Crippen LogP contribution in [0.25, 0.3) is 11.4 Å². The molecule has 2 aromatic carbocycles. The van der Waals surface area contributed by atoms with Gasteiger partial charge < -0.3 is 9.42 Å². The van der Waals surface area contributed by atoms with E-state index >= 15 is 0 Å². The first-order valence-electron chi connectivity index (χ1n) is 9.12. The zero-order valence-electron chi connectivity index (χ0n) is 15.8. The molecule has 1 aromatic heterocycles. The smallest absolute Gasteiger partial charge is 0.339 e. The van der Waals surface area contributed by atoms with E-state index in [2.05, 4.69) is 10.1 Å². The SMILES string of the molecule is Cc1cccc(N2CC(c3nc(-c4ccc(C(F)(F)F)cc4)no3)CC2=O)c1C. The van der Waals surface area contributed by atoms with Gasteiger partial charge in [0, 0.05) is 24.2 Å². The van der Waals surface area contributed by atoms with E-state index in [4.69, 9.17) is 4.52 Å². The lowest BCUT2D eigenvalue weighted by Gasteiger charge is -2.19. The third-order valence-corrected chi connectivity index (χ3v) is 5.25. The van der Waals surface area contributed by atoms with E-state index in [1.165, 1.54) is 12.1 Å². The number of nitrogens with zero attached hydrogens (tertiary/aromatic N) is 3. The van der Waals surface area contributed by atoms with Crippen molar-refractivity contribution in [1.29, 1.82) is 0 Å². The molecule has 3 aromatic rings. The first-order valence-corrected chi connectivity index (χ1v) is 9.12. The zero-order valence-corrected chi connectivity index (χ0v) is 15.8. The zero-order chi connectivity index (χ0) is 20.8. The summed E-state index contributed by atoms with van der Waals surface area (Å²) in [6.45, 7) is 4.38. The van der Waals surface area contributed by atoms with Crippen LogP contribution in [0.1, 0.15) is 34.9 Å². The molecular weight excluding hydrogens is 383 g/mol. The summed E-state index contributed by atoms with van der Waals surface area (Å²) in [6, 6.07) is 10.4. The quantitative estimate of drug-likeness (QED) is 0.627. The van der Waals surface area contributed by atoms with Crippen LogP contribution in [0.5, 0.6) is 0 Å². The molecule has 1 unspecified atom stereocenters. The number of hydrogen-bond donors (Lipinski definition) is 0. The van der Waals surface area contributed by atoms with E-state index in [1.807, 2.05) is 32.0 Å². The summed E-state index contributed by atoms with van der Waals surface area (Å²) >= 11 is 0. The minimum Gasteiger partial charge on any atom is -0.339 e. The number of anilines is 1. The van der Waals surface area contributed by atoms with Crippen LogP contribution in [0.2, 0.25) is 0 Å². The van der Waals surface area contributed by atoms with Crippen molar-refractivity contribution in [3.05, 3.63) is 65.0 Å². The number of hydrogen-bond acceptors (Lipinski definition) is 4. The predicted molar refractivity (Wildman–Crippen MR) is 100 cm³/mol. The van der Waals surface area contributed by atoms with Crippen molar-refractivity contribution < 1.29 is 22.5 Å². The average molecular weight is 401 g/mol. The number of carbonyl (C=O) groups excluding carboxylic acids is 1. The van der Waals surface area contributed by atoms with Crippen LogP contribution < -0.4 is 4.90 Å². The second-order valence-corrected chi connectivity index (χ2v) is 7.16. The molecule has 1 saturated heterocycles. The second kappa shape index (κ2) is 7.02. The highest BCUT2D eigenvalue weighted by Gasteiger charge is 2.36. The van der Waals surface area contributed by atoms with Gasteiger partial charge in [0.1, 0.15) is 0 Å². The highest BCUT2D eigenvalue weighted by molar-refractivity contribution is 5.97. The van der Waals surface area contributed by atoms with Gasteiger partial charge in [-0.05, 0) is 43.2 Å². The molecule has 150 valence electrons. The Bertz CT molecular complexity index is 1060. The lowest BCUT2D eigenvalue weighted by molar-refractivity contribution is -0.137. The Labute approximate surface area is 165 Å². The number of amides is 1. The summed E-state index contributed by atoms with van der Waals surface area (Å²) in [5, 5.41) is 3.88. The summed E-state index contributed by atoms with van der Waals surface area (Å²) in [7, 11) is 0. The largest absolute Gasteiger partial charge is 0.416 e. The van der Waals surface area contributed by atoms with Gasteiger partial charge in [0.15, 0.2) is 0 Å². The van der Waals surface area contributed by atoms with Crippen molar-refractivity contribution in [1.82, 2.24) is 10.1 Å². The molecule has 0 aliphatic carbocycles. The summed E-state index contributed by atoms with van der Waals surface area (Å²) < 4.78 is 43.5. The van der Waals surface area contributed by atoms with Crippen LogP contribution in [0.3, 0.4) is 0 Å². The van der Waals surface area contributed by atoms with Crippen LogP contribution in [0, 0.1) is 13.8 Å². The standard InChI is InChI=1S/C21H18F3N3O2/c1-12-4-3-5-17(13(12)2)27-11-15(10-18(27)28)20-25-19(26-29-20)14-6-8-16(9-7-14)21(22,23)24/h3-9,15H,10-11H2,1-2H3. The molecule has 4 rings (SSSR count). The fourth-order valence-corrected chi connectivity index (χ4v) is 3.46. The molecule has 0 N–H and O–H groups in total. The molecule has 8 heteroatoms. The molecule has 0 radical (unpaired) electrons. The van der Waals surface area contributed by atoms with Crippen LogP contribution in [0.4, 0.5) is 18.9 Å². The number of rotatable bonds is 3. The molecule has 0 spiro atoms. The van der Waals surface area contributed by atoms with Gasteiger partial charge >= 0.3 is 6.18 Å². The van der Waals surface area contributed by atoms with Gasteiger partial charge in [-0.15, -0.1) is 0 Å². The van der Waals surface area contributed by atoms with Gasteiger partial charge in [-0.1, -0.05) is 29.4 Å². The Morgan fingerprint density at radius 3 is 2.52 bits per heavy atom. The van der Waals surface area contributed by atoms with Crippen molar-refractivity contribution in [3.63, 3.8) is 0 Å². The Morgan fingerprint density at radius 1 is 1.10 bits per heavy atom. The highest BCUT2D eigenvalue weighted by atomic mass is 19.4. The first-order chi connectivity index (χ1) is 13.7. The van der Waals surface area contributed by atoms with Crippen LogP contribution >= 0.6 is 0 Å². The predicted octanol–water partition coefficient (Wildman–Crippen LogP) is 4.89. The highest BCUT2D eigenvalue weighted by Crippen LogP contribution is 2.35. The monoisotopic (exact) mass is 401 g/mol. The van der Waals surface area contributed by atoms with Gasteiger partial charge in [-0.2, -0.15) is 18.2 Å². The molecule has 2 heterocycles. The van der Waals surface area contributed by atoms with Gasteiger partial charge in [-0.3, -0.25) is 4.79 Å². The van der Waals surface area contributed by atoms with Gasteiger partial charge in [0.2, 0.25) is 17.6 Å². The average Bonchev–Trinajstić information content (AvgIpc) is 3.30. The molecule has 1 aliphatic heterocycles. The Balaban J connectivity index is 1.54. The molecule has 1 amide bonds. The molecule has 0 bridgehead atoms. The molecule has 1 fully saturated rings. The summed E-state index contributed by atoms with van der Waals surface area (Å²) in [4.78, 5) is 18.6. The Kier molecular flexibility index (Phi) is 4.64. The molecule has 5 nitrogen and oxygen atoms in total. The molecule has 1 atom stereocenters. The molecule has 29 heavy (non-hydrogen) atoms. The summed E-state index contributed by atoms with van der Waals surface area (Å²) in [5.41, 5.74) is 2.68. The van der Waals surface area contributed by atoms with Crippen molar-refractivity contribution in [3.8, 4) is 11.4 Å². The van der Waals surface area contributed by atoms with E-state index in [9.17, 15) is 18.0 Å². The first kappa shape index (κ1) is 19.2. The number of aromatic nitrogens is 2. The number of benzene rings is 2. The fourth-order valence-electron chi connectivity index (χ4n) is 3.46. The minimum atomic E-state index is -4.40. The number of aryl methyl sites for hydroxylation is 1. The Morgan fingerprint density at radius 2 is 1.83 bits per heavy atom. The number of alkyl halides is 3.